The van der Waals surface area contributed by atoms with E-state index in [-0.39, 0.29) is 6.10 Å². The topological polar surface area (TPSA) is 53.7 Å². The van der Waals surface area contributed by atoms with Crippen molar-refractivity contribution in [1.82, 2.24) is 0 Å². The normalized spacial score (nSPS) is 27.4. The summed E-state index contributed by atoms with van der Waals surface area (Å²) in [4.78, 5) is 0. The molecule has 2 rings (SSSR count). The Morgan fingerprint density at radius 3 is 2.94 bits per heavy atom. The van der Waals surface area contributed by atoms with Gasteiger partial charge < -0.3 is 19.9 Å². The van der Waals surface area contributed by atoms with Crippen molar-refractivity contribution >= 4 is 0 Å². The van der Waals surface area contributed by atoms with Crippen LogP contribution in [0.1, 0.15) is 18.9 Å². The Kier molecular flexibility index (Phi) is 4.22. The number of hydrogen-bond acceptors (Lipinski definition) is 4. The molecule has 0 spiro atoms. The zero-order valence-electron chi connectivity index (χ0n) is 11.0. The average Bonchev–Trinajstić information content (AvgIpc) is 2.72. The van der Waals surface area contributed by atoms with Crippen LogP contribution in [-0.4, -0.2) is 32.2 Å². The standard InChI is InChI=1S/C14H21NO3/c1-14(17-10-12(18-14)7-8-15)9-11-5-3-4-6-13(11)16-2/h3-6,12H,7-10,15H2,1-2H3. The molecule has 1 heterocycles. The fourth-order valence-electron chi connectivity index (χ4n) is 2.31. The van der Waals surface area contributed by atoms with Gasteiger partial charge in [0.05, 0.1) is 19.8 Å². The second kappa shape index (κ2) is 5.69. The van der Waals surface area contributed by atoms with Crippen molar-refractivity contribution in [2.24, 2.45) is 5.73 Å². The molecule has 1 aliphatic heterocycles. The summed E-state index contributed by atoms with van der Waals surface area (Å²) in [5.41, 5.74) is 6.63. The first-order valence-corrected chi connectivity index (χ1v) is 6.30. The summed E-state index contributed by atoms with van der Waals surface area (Å²) in [6, 6.07) is 7.93. The molecule has 1 aromatic rings. The third-order valence-electron chi connectivity index (χ3n) is 3.18. The maximum absolute atomic E-state index is 5.93. The molecule has 0 bridgehead atoms. The molecule has 0 amide bonds. The van der Waals surface area contributed by atoms with Gasteiger partial charge in [-0.25, -0.2) is 0 Å². The van der Waals surface area contributed by atoms with E-state index in [1.165, 1.54) is 0 Å². The Morgan fingerprint density at radius 2 is 2.22 bits per heavy atom. The summed E-state index contributed by atoms with van der Waals surface area (Å²) in [7, 11) is 1.68. The lowest BCUT2D eigenvalue weighted by Gasteiger charge is -2.24. The number of hydrogen-bond donors (Lipinski definition) is 1. The minimum Gasteiger partial charge on any atom is -0.496 e. The molecule has 2 unspecified atom stereocenters. The molecular formula is C14H21NO3. The minimum absolute atomic E-state index is 0.106. The summed E-state index contributed by atoms with van der Waals surface area (Å²) >= 11 is 0. The zero-order valence-corrected chi connectivity index (χ0v) is 11.0. The lowest BCUT2D eigenvalue weighted by atomic mass is 10.1. The lowest BCUT2D eigenvalue weighted by Crippen LogP contribution is -2.30. The van der Waals surface area contributed by atoms with E-state index in [1.54, 1.807) is 7.11 Å². The van der Waals surface area contributed by atoms with Crippen LogP contribution in [0.2, 0.25) is 0 Å². The maximum Gasteiger partial charge on any atom is 0.170 e. The van der Waals surface area contributed by atoms with Gasteiger partial charge in [-0.2, -0.15) is 0 Å². The van der Waals surface area contributed by atoms with Crippen LogP contribution in [-0.2, 0) is 15.9 Å². The van der Waals surface area contributed by atoms with Gasteiger partial charge in [0.15, 0.2) is 5.79 Å². The molecule has 4 nitrogen and oxygen atoms in total. The van der Waals surface area contributed by atoms with E-state index >= 15 is 0 Å². The number of rotatable bonds is 5. The number of methoxy groups -OCH3 is 1. The van der Waals surface area contributed by atoms with Crippen LogP contribution >= 0.6 is 0 Å². The van der Waals surface area contributed by atoms with Gasteiger partial charge in [-0.15, -0.1) is 0 Å². The van der Waals surface area contributed by atoms with Crippen LogP contribution in [0, 0.1) is 0 Å². The highest BCUT2D eigenvalue weighted by Gasteiger charge is 2.37. The van der Waals surface area contributed by atoms with E-state index < -0.39 is 5.79 Å². The molecule has 2 N–H and O–H groups in total. The monoisotopic (exact) mass is 251 g/mol. The van der Waals surface area contributed by atoms with E-state index in [2.05, 4.69) is 0 Å². The molecule has 0 aliphatic carbocycles. The largest absolute Gasteiger partial charge is 0.496 e. The van der Waals surface area contributed by atoms with E-state index in [4.69, 9.17) is 19.9 Å². The number of benzene rings is 1. The molecule has 1 fully saturated rings. The van der Waals surface area contributed by atoms with Crippen molar-refractivity contribution in [2.45, 2.75) is 31.7 Å². The summed E-state index contributed by atoms with van der Waals surface area (Å²) < 4.78 is 17.1. The molecule has 1 aromatic carbocycles. The minimum atomic E-state index is -0.575. The second-order valence-electron chi connectivity index (χ2n) is 4.75. The first-order chi connectivity index (χ1) is 8.67. The average molecular weight is 251 g/mol. The predicted octanol–water partition coefficient (Wildman–Crippen LogP) is 1.72. The van der Waals surface area contributed by atoms with Crippen molar-refractivity contribution < 1.29 is 14.2 Å². The number of ether oxygens (including phenoxy) is 3. The van der Waals surface area contributed by atoms with Gasteiger partial charge in [0.1, 0.15) is 5.75 Å². The highest BCUT2D eigenvalue weighted by Crippen LogP contribution is 2.31. The van der Waals surface area contributed by atoms with Gasteiger partial charge >= 0.3 is 0 Å². The molecule has 0 saturated carbocycles. The molecule has 2 atom stereocenters. The van der Waals surface area contributed by atoms with Gasteiger partial charge in [-0.3, -0.25) is 0 Å². The maximum atomic E-state index is 5.93. The summed E-state index contributed by atoms with van der Waals surface area (Å²) in [6.07, 6.45) is 1.62. The third-order valence-corrected chi connectivity index (χ3v) is 3.18. The lowest BCUT2D eigenvalue weighted by molar-refractivity contribution is -0.152. The molecule has 1 aliphatic rings. The van der Waals surface area contributed by atoms with Crippen molar-refractivity contribution in [3.8, 4) is 5.75 Å². The molecule has 4 heteroatoms. The van der Waals surface area contributed by atoms with Crippen molar-refractivity contribution in [2.75, 3.05) is 20.3 Å². The molecule has 0 radical (unpaired) electrons. The Bertz CT molecular complexity index is 396. The van der Waals surface area contributed by atoms with E-state index in [9.17, 15) is 0 Å². The van der Waals surface area contributed by atoms with Crippen molar-refractivity contribution in [3.05, 3.63) is 29.8 Å². The Balaban J connectivity index is 2.04. The van der Waals surface area contributed by atoms with E-state index in [0.29, 0.717) is 19.6 Å². The Morgan fingerprint density at radius 1 is 1.44 bits per heavy atom. The number of para-hydroxylation sites is 1. The highest BCUT2D eigenvalue weighted by atomic mass is 16.7. The Labute approximate surface area is 108 Å². The third kappa shape index (κ3) is 3.02. The van der Waals surface area contributed by atoms with Gasteiger partial charge in [0.2, 0.25) is 0 Å². The first-order valence-electron chi connectivity index (χ1n) is 6.30. The fraction of sp³-hybridized carbons (Fsp3) is 0.571. The molecule has 100 valence electrons. The molecule has 0 aromatic heterocycles. The first kappa shape index (κ1) is 13.3. The Hall–Kier alpha value is -1.10. The molecule has 1 saturated heterocycles. The predicted molar refractivity (Wildman–Crippen MR) is 69.6 cm³/mol. The van der Waals surface area contributed by atoms with Crippen LogP contribution in [0.4, 0.5) is 0 Å². The zero-order chi connectivity index (χ0) is 13.0. The summed E-state index contributed by atoms with van der Waals surface area (Å²) in [6.45, 7) is 3.21. The van der Waals surface area contributed by atoms with Gasteiger partial charge in [0.25, 0.3) is 0 Å². The quantitative estimate of drug-likeness (QED) is 0.865. The van der Waals surface area contributed by atoms with Crippen LogP contribution < -0.4 is 10.5 Å². The smallest absolute Gasteiger partial charge is 0.170 e. The van der Waals surface area contributed by atoms with Crippen LogP contribution in [0.25, 0.3) is 0 Å². The molecule has 18 heavy (non-hydrogen) atoms. The van der Waals surface area contributed by atoms with Crippen LogP contribution in [0.5, 0.6) is 5.75 Å². The van der Waals surface area contributed by atoms with Crippen LogP contribution in [0.15, 0.2) is 24.3 Å². The van der Waals surface area contributed by atoms with Gasteiger partial charge in [-0.05, 0) is 31.5 Å². The van der Waals surface area contributed by atoms with Crippen molar-refractivity contribution in [1.29, 1.82) is 0 Å². The fourth-order valence-corrected chi connectivity index (χ4v) is 2.31. The van der Waals surface area contributed by atoms with E-state index in [0.717, 1.165) is 17.7 Å². The van der Waals surface area contributed by atoms with Gasteiger partial charge in [0, 0.05) is 6.42 Å². The van der Waals surface area contributed by atoms with Crippen molar-refractivity contribution in [3.63, 3.8) is 0 Å². The summed E-state index contributed by atoms with van der Waals surface area (Å²) in [5.74, 6) is 0.294. The van der Waals surface area contributed by atoms with Crippen LogP contribution in [0.3, 0.4) is 0 Å². The van der Waals surface area contributed by atoms with E-state index in [1.807, 2.05) is 31.2 Å². The van der Waals surface area contributed by atoms with Gasteiger partial charge in [-0.1, -0.05) is 18.2 Å². The SMILES string of the molecule is COc1ccccc1CC1(C)OCC(CCN)O1. The second-order valence-corrected chi connectivity index (χ2v) is 4.75. The summed E-state index contributed by atoms with van der Waals surface area (Å²) in [5, 5.41) is 0. The number of nitrogens with two attached hydrogens (primary N) is 1. The molecular weight excluding hydrogens is 230 g/mol. The highest BCUT2D eigenvalue weighted by molar-refractivity contribution is 5.34.